The first kappa shape index (κ1) is 18.6. The predicted octanol–water partition coefficient (Wildman–Crippen LogP) is 4.50. The van der Waals surface area contributed by atoms with Gasteiger partial charge in [0, 0.05) is 11.6 Å². The average Bonchev–Trinajstić information content (AvgIpc) is 3.48. The van der Waals surface area contributed by atoms with Crippen molar-refractivity contribution in [3.8, 4) is 11.5 Å². The van der Waals surface area contributed by atoms with E-state index in [1.807, 2.05) is 25.1 Å². The van der Waals surface area contributed by atoms with E-state index < -0.39 is 0 Å². The van der Waals surface area contributed by atoms with Crippen molar-refractivity contribution in [2.45, 2.75) is 32.2 Å². The Labute approximate surface area is 159 Å². The van der Waals surface area contributed by atoms with Crippen molar-refractivity contribution < 1.29 is 14.3 Å². The third-order valence-electron chi connectivity index (χ3n) is 4.59. The largest absolute Gasteiger partial charge is 0.493 e. The Hall–Kier alpha value is -2.20. The number of methoxy groups -OCH3 is 1. The van der Waals surface area contributed by atoms with E-state index >= 15 is 0 Å². The fourth-order valence-electron chi connectivity index (χ4n) is 3.09. The number of carbonyl (C=O) groups is 1. The van der Waals surface area contributed by atoms with E-state index in [4.69, 9.17) is 21.1 Å². The van der Waals surface area contributed by atoms with Gasteiger partial charge >= 0.3 is 0 Å². The Balaban J connectivity index is 1.76. The van der Waals surface area contributed by atoms with Crippen LogP contribution in [0.3, 0.4) is 0 Å². The average molecular weight is 374 g/mol. The standard InChI is InChI=1S/C21H24ClNO3/c1-3-26-20-17(22)12-16(13-19(20)25-2)21(24)23-18(15-9-10-15)11-14-7-5-4-6-8-14/h4-8,12-13,15,18H,3,9-11H2,1-2H3,(H,23,24). The summed E-state index contributed by atoms with van der Waals surface area (Å²) in [7, 11) is 1.54. The van der Waals surface area contributed by atoms with Gasteiger partial charge in [0.05, 0.1) is 18.7 Å². The van der Waals surface area contributed by atoms with Gasteiger partial charge in [-0.2, -0.15) is 0 Å². The topological polar surface area (TPSA) is 47.6 Å². The van der Waals surface area contributed by atoms with Crippen molar-refractivity contribution in [2.24, 2.45) is 5.92 Å². The van der Waals surface area contributed by atoms with E-state index in [1.54, 1.807) is 12.1 Å². The summed E-state index contributed by atoms with van der Waals surface area (Å²) in [5.41, 5.74) is 1.71. The summed E-state index contributed by atoms with van der Waals surface area (Å²) in [6.07, 6.45) is 3.15. The molecule has 1 aliphatic rings. The zero-order chi connectivity index (χ0) is 18.5. The van der Waals surface area contributed by atoms with Crippen molar-refractivity contribution >= 4 is 17.5 Å². The second kappa shape index (κ2) is 8.45. The first-order valence-corrected chi connectivity index (χ1v) is 9.35. The molecule has 0 radical (unpaired) electrons. The number of ether oxygens (including phenoxy) is 2. The van der Waals surface area contributed by atoms with Crippen LogP contribution in [0.15, 0.2) is 42.5 Å². The normalized spacial score (nSPS) is 14.6. The zero-order valence-corrected chi connectivity index (χ0v) is 15.9. The highest BCUT2D eigenvalue weighted by molar-refractivity contribution is 6.32. The summed E-state index contributed by atoms with van der Waals surface area (Å²) in [6.45, 7) is 2.35. The molecule has 3 rings (SSSR count). The molecule has 1 atom stereocenters. The quantitative estimate of drug-likeness (QED) is 0.741. The van der Waals surface area contributed by atoms with Gasteiger partial charge in [-0.25, -0.2) is 0 Å². The molecule has 5 heteroatoms. The third-order valence-corrected chi connectivity index (χ3v) is 4.87. The third kappa shape index (κ3) is 4.50. The molecule has 0 saturated heterocycles. The van der Waals surface area contributed by atoms with Gasteiger partial charge in [0.15, 0.2) is 11.5 Å². The Morgan fingerprint density at radius 1 is 1.27 bits per heavy atom. The van der Waals surface area contributed by atoms with E-state index in [2.05, 4.69) is 17.4 Å². The fraction of sp³-hybridized carbons (Fsp3) is 0.381. The van der Waals surface area contributed by atoms with E-state index in [0.29, 0.717) is 34.6 Å². The van der Waals surface area contributed by atoms with Crippen LogP contribution in [0.4, 0.5) is 0 Å². The highest BCUT2D eigenvalue weighted by atomic mass is 35.5. The van der Waals surface area contributed by atoms with Gasteiger partial charge in [0.25, 0.3) is 5.91 Å². The molecule has 0 aromatic heterocycles. The van der Waals surface area contributed by atoms with Crippen LogP contribution in [0, 0.1) is 5.92 Å². The maximum absolute atomic E-state index is 12.8. The van der Waals surface area contributed by atoms with Crippen LogP contribution in [0.5, 0.6) is 11.5 Å². The number of carbonyl (C=O) groups excluding carboxylic acids is 1. The summed E-state index contributed by atoms with van der Waals surface area (Å²) < 4.78 is 10.9. The molecule has 1 unspecified atom stereocenters. The minimum absolute atomic E-state index is 0.126. The van der Waals surface area contributed by atoms with E-state index in [1.165, 1.54) is 12.7 Å². The number of amides is 1. The van der Waals surface area contributed by atoms with Crippen LogP contribution in [-0.2, 0) is 6.42 Å². The fourth-order valence-corrected chi connectivity index (χ4v) is 3.35. The molecule has 0 heterocycles. The number of hydrogen-bond donors (Lipinski definition) is 1. The number of rotatable bonds is 8. The number of halogens is 1. The zero-order valence-electron chi connectivity index (χ0n) is 15.1. The molecule has 1 aliphatic carbocycles. The Morgan fingerprint density at radius 2 is 2.00 bits per heavy atom. The van der Waals surface area contributed by atoms with Gasteiger partial charge in [0.1, 0.15) is 0 Å². The molecular weight excluding hydrogens is 350 g/mol. The van der Waals surface area contributed by atoms with Crippen LogP contribution in [0.2, 0.25) is 5.02 Å². The summed E-state index contributed by atoms with van der Waals surface area (Å²) in [6, 6.07) is 13.7. The minimum Gasteiger partial charge on any atom is -0.493 e. The predicted molar refractivity (Wildman–Crippen MR) is 103 cm³/mol. The maximum Gasteiger partial charge on any atom is 0.251 e. The molecule has 1 amide bonds. The molecule has 0 bridgehead atoms. The molecule has 138 valence electrons. The SMILES string of the molecule is CCOc1c(Cl)cc(C(=O)NC(Cc2ccccc2)C2CC2)cc1OC. The van der Waals surface area contributed by atoms with Gasteiger partial charge in [-0.05, 0) is 49.8 Å². The van der Waals surface area contributed by atoms with Crippen LogP contribution in [0.1, 0.15) is 35.7 Å². The van der Waals surface area contributed by atoms with Crippen molar-refractivity contribution in [3.05, 3.63) is 58.6 Å². The Bertz CT molecular complexity index is 759. The number of nitrogens with one attached hydrogen (secondary N) is 1. The van der Waals surface area contributed by atoms with Crippen molar-refractivity contribution in [2.75, 3.05) is 13.7 Å². The second-order valence-electron chi connectivity index (χ2n) is 6.53. The lowest BCUT2D eigenvalue weighted by Gasteiger charge is -2.19. The molecule has 1 N–H and O–H groups in total. The molecule has 0 spiro atoms. The second-order valence-corrected chi connectivity index (χ2v) is 6.94. The molecule has 4 nitrogen and oxygen atoms in total. The van der Waals surface area contributed by atoms with Crippen LogP contribution >= 0.6 is 11.6 Å². The van der Waals surface area contributed by atoms with Gasteiger partial charge in [-0.15, -0.1) is 0 Å². The van der Waals surface area contributed by atoms with Crippen LogP contribution < -0.4 is 14.8 Å². The lowest BCUT2D eigenvalue weighted by Crippen LogP contribution is -2.38. The van der Waals surface area contributed by atoms with Gasteiger partial charge in [0.2, 0.25) is 0 Å². The van der Waals surface area contributed by atoms with Crippen molar-refractivity contribution in [1.29, 1.82) is 0 Å². The van der Waals surface area contributed by atoms with Gasteiger partial charge in [-0.3, -0.25) is 4.79 Å². The van der Waals surface area contributed by atoms with Crippen LogP contribution in [-0.4, -0.2) is 25.7 Å². The molecule has 1 fully saturated rings. The Morgan fingerprint density at radius 3 is 2.62 bits per heavy atom. The summed E-state index contributed by atoms with van der Waals surface area (Å²) in [5, 5.41) is 3.56. The molecule has 26 heavy (non-hydrogen) atoms. The van der Waals surface area contributed by atoms with E-state index in [0.717, 1.165) is 19.3 Å². The first-order valence-electron chi connectivity index (χ1n) is 8.97. The van der Waals surface area contributed by atoms with Crippen molar-refractivity contribution in [1.82, 2.24) is 5.32 Å². The molecule has 2 aromatic rings. The summed E-state index contributed by atoms with van der Waals surface area (Å²) in [4.78, 5) is 12.8. The summed E-state index contributed by atoms with van der Waals surface area (Å²) in [5.74, 6) is 1.34. The highest BCUT2D eigenvalue weighted by Gasteiger charge is 2.32. The van der Waals surface area contributed by atoms with E-state index in [9.17, 15) is 4.79 Å². The molecule has 1 saturated carbocycles. The van der Waals surface area contributed by atoms with Gasteiger partial charge in [-0.1, -0.05) is 41.9 Å². The van der Waals surface area contributed by atoms with E-state index in [-0.39, 0.29) is 11.9 Å². The van der Waals surface area contributed by atoms with Crippen LogP contribution in [0.25, 0.3) is 0 Å². The smallest absolute Gasteiger partial charge is 0.251 e. The number of hydrogen-bond acceptors (Lipinski definition) is 3. The minimum atomic E-state index is -0.138. The highest BCUT2D eigenvalue weighted by Crippen LogP contribution is 2.37. The maximum atomic E-state index is 12.8. The first-order chi connectivity index (χ1) is 12.6. The molecule has 2 aromatic carbocycles. The summed E-state index contributed by atoms with van der Waals surface area (Å²) >= 11 is 6.29. The Kier molecular flexibility index (Phi) is 6.04. The monoisotopic (exact) mass is 373 g/mol. The molecular formula is C21H24ClNO3. The lowest BCUT2D eigenvalue weighted by molar-refractivity contribution is 0.0931. The molecule has 0 aliphatic heterocycles. The van der Waals surface area contributed by atoms with Crippen molar-refractivity contribution in [3.63, 3.8) is 0 Å². The van der Waals surface area contributed by atoms with Gasteiger partial charge < -0.3 is 14.8 Å². The number of benzene rings is 2. The lowest BCUT2D eigenvalue weighted by atomic mass is 10.0.